The molecule has 8 heteroatoms. The quantitative estimate of drug-likeness (QED) is 0.436. The maximum absolute atomic E-state index is 11.3. The van der Waals surface area contributed by atoms with Crippen molar-refractivity contribution in [2.75, 3.05) is 44.7 Å². The van der Waals surface area contributed by atoms with Gasteiger partial charge >= 0.3 is 0 Å². The average molecular weight is 409 g/mol. The molecule has 1 aliphatic heterocycles. The topological polar surface area (TPSA) is 92.5 Å². The van der Waals surface area contributed by atoms with Crippen LogP contribution < -0.4 is 5.32 Å². The van der Waals surface area contributed by atoms with Crippen LogP contribution in [0.2, 0.25) is 0 Å². The summed E-state index contributed by atoms with van der Waals surface area (Å²) in [7, 11) is 0. The first-order valence-corrected chi connectivity index (χ1v) is 10.3. The van der Waals surface area contributed by atoms with Crippen LogP contribution in [0, 0.1) is 6.92 Å². The molecule has 1 fully saturated rings. The van der Waals surface area contributed by atoms with Crippen molar-refractivity contribution in [2.24, 2.45) is 0 Å². The van der Waals surface area contributed by atoms with Crippen molar-refractivity contribution in [1.82, 2.24) is 19.4 Å². The van der Waals surface area contributed by atoms with E-state index in [-0.39, 0.29) is 5.75 Å². The highest BCUT2D eigenvalue weighted by molar-refractivity contribution is 5.86. The number of carbonyl (C=O) groups excluding carboxylic acids is 1. The number of imidazole rings is 1. The Morgan fingerprint density at radius 2 is 2.03 bits per heavy atom. The fourth-order valence-corrected chi connectivity index (χ4v) is 3.70. The van der Waals surface area contributed by atoms with E-state index in [1.54, 1.807) is 18.2 Å². The van der Waals surface area contributed by atoms with Gasteiger partial charge in [0.25, 0.3) is 0 Å². The fraction of sp³-hybridized carbons (Fsp3) is 0.409. The van der Waals surface area contributed by atoms with Gasteiger partial charge in [-0.2, -0.15) is 0 Å². The zero-order chi connectivity index (χ0) is 20.9. The van der Waals surface area contributed by atoms with Gasteiger partial charge in [0.2, 0.25) is 5.95 Å². The molecule has 3 aromatic rings. The minimum absolute atomic E-state index is 0.146. The minimum Gasteiger partial charge on any atom is -0.506 e. The lowest BCUT2D eigenvalue weighted by Crippen LogP contribution is -2.37. The standard InChI is InChI=1S/C22H27N5O3/c1-16-3-6-21(29)19(24-16)14-27-20-13-17(15-28)4-5-18(20)25-22(27)23-7-2-8-26-9-11-30-12-10-26/h3-6,13,15,29H,2,7-12,14H2,1H3,(H,23,25). The van der Waals surface area contributed by atoms with Gasteiger partial charge in [-0.3, -0.25) is 14.7 Å². The molecule has 8 nitrogen and oxygen atoms in total. The Hall–Kier alpha value is -2.97. The molecule has 0 bridgehead atoms. The summed E-state index contributed by atoms with van der Waals surface area (Å²) in [5, 5.41) is 13.7. The molecule has 1 aromatic carbocycles. The number of hydrogen-bond donors (Lipinski definition) is 2. The van der Waals surface area contributed by atoms with E-state index in [4.69, 9.17) is 9.72 Å². The monoisotopic (exact) mass is 409 g/mol. The Bertz CT molecular complexity index is 1030. The molecule has 30 heavy (non-hydrogen) atoms. The van der Waals surface area contributed by atoms with E-state index in [1.165, 1.54) is 0 Å². The SMILES string of the molecule is Cc1ccc(O)c(Cn2c(NCCCN3CCOCC3)nc3ccc(C=O)cc32)n1. The van der Waals surface area contributed by atoms with Gasteiger partial charge in [0.1, 0.15) is 17.7 Å². The van der Waals surface area contributed by atoms with Crippen LogP contribution >= 0.6 is 0 Å². The van der Waals surface area contributed by atoms with Crippen LogP contribution in [0.15, 0.2) is 30.3 Å². The normalized spacial score (nSPS) is 14.8. The summed E-state index contributed by atoms with van der Waals surface area (Å²) in [6.07, 6.45) is 1.81. The molecule has 158 valence electrons. The van der Waals surface area contributed by atoms with Crippen LogP contribution in [0.5, 0.6) is 5.75 Å². The number of hydrogen-bond acceptors (Lipinski definition) is 7. The Morgan fingerprint density at radius 3 is 2.83 bits per heavy atom. The molecule has 4 rings (SSSR count). The third-order valence-electron chi connectivity index (χ3n) is 5.34. The first kappa shape index (κ1) is 20.3. The third kappa shape index (κ3) is 4.60. The number of nitrogens with one attached hydrogen (secondary N) is 1. The van der Waals surface area contributed by atoms with Crippen LogP contribution in [0.3, 0.4) is 0 Å². The highest BCUT2D eigenvalue weighted by Crippen LogP contribution is 2.25. The third-order valence-corrected chi connectivity index (χ3v) is 5.34. The Labute approximate surface area is 175 Å². The number of nitrogens with zero attached hydrogens (tertiary/aromatic N) is 4. The van der Waals surface area contributed by atoms with Gasteiger partial charge in [-0.1, -0.05) is 0 Å². The molecular weight excluding hydrogens is 382 g/mol. The van der Waals surface area contributed by atoms with Crippen molar-refractivity contribution < 1.29 is 14.6 Å². The van der Waals surface area contributed by atoms with Crippen LogP contribution in [-0.4, -0.2) is 70.2 Å². The minimum atomic E-state index is 0.146. The first-order valence-electron chi connectivity index (χ1n) is 10.3. The first-order chi connectivity index (χ1) is 14.6. The van der Waals surface area contributed by atoms with Gasteiger partial charge in [-0.15, -0.1) is 0 Å². The van der Waals surface area contributed by atoms with Gasteiger partial charge in [-0.05, 0) is 50.2 Å². The van der Waals surface area contributed by atoms with Gasteiger partial charge in [-0.25, -0.2) is 4.98 Å². The van der Waals surface area contributed by atoms with E-state index in [9.17, 15) is 9.90 Å². The second-order valence-electron chi connectivity index (χ2n) is 7.54. The fourth-order valence-electron chi connectivity index (χ4n) is 3.70. The molecular formula is C22H27N5O3. The van der Waals surface area contributed by atoms with Crippen molar-refractivity contribution in [3.05, 3.63) is 47.3 Å². The Balaban J connectivity index is 1.55. The molecule has 3 heterocycles. The molecule has 0 unspecified atom stereocenters. The number of aryl methyl sites for hydroxylation is 1. The molecule has 0 atom stereocenters. The summed E-state index contributed by atoms with van der Waals surface area (Å²) in [6, 6.07) is 8.86. The van der Waals surface area contributed by atoms with Crippen molar-refractivity contribution >= 4 is 23.3 Å². The van der Waals surface area contributed by atoms with Gasteiger partial charge in [0.15, 0.2) is 0 Å². The van der Waals surface area contributed by atoms with Gasteiger partial charge < -0.3 is 19.7 Å². The Kier molecular flexibility index (Phi) is 6.25. The predicted molar refractivity (Wildman–Crippen MR) is 115 cm³/mol. The maximum Gasteiger partial charge on any atom is 0.204 e. The van der Waals surface area contributed by atoms with Crippen LogP contribution in [-0.2, 0) is 11.3 Å². The van der Waals surface area contributed by atoms with Gasteiger partial charge in [0.05, 0.1) is 30.8 Å². The molecule has 0 saturated carbocycles. The second-order valence-corrected chi connectivity index (χ2v) is 7.54. The number of aldehydes is 1. The molecule has 1 aliphatic rings. The smallest absolute Gasteiger partial charge is 0.204 e. The number of morpholine rings is 1. The summed E-state index contributed by atoms with van der Waals surface area (Å²) in [4.78, 5) is 22.9. The van der Waals surface area contributed by atoms with Crippen molar-refractivity contribution in [2.45, 2.75) is 19.9 Å². The van der Waals surface area contributed by atoms with E-state index in [2.05, 4.69) is 15.2 Å². The van der Waals surface area contributed by atoms with E-state index in [0.29, 0.717) is 23.8 Å². The lowest BCUT2D eigenvalue weighted by Gasteiger charge is -2.26. The van der Waals surface area contributed by atoms with Crippen LogP contribution in [0.25, 0.3) is 11.0 Å². The molecule has 1 saturated heterocycles. The second kappa shape index (κ2) is 9.23. The zero-order valence-corrected chi connectivity index (χ0v) is 17.2. The molecule has 0 spiro atoms. The largest absolute Gasteiger partial charge is 0.506 e. The number of fused-ring (bicyclic) bond motifs is 1. The number of aromatic hydroxyl groups is 1. The number of rotatable bonds is 8. The molecule has 0 aliphatic carbocycles. The van der Waals surface area contributed by atoms with Crippen molar-refractivity contribution in [3.8, 4) is 5.75 Å². The Morgan fingerprint density at radius 1 is 1.20 bits per heavy atom. The number of benzene rings is 1. The van der Waals surface area contributed by atoms with E-state index in [0.717, 1.165) is 68.8 Å². The zero-order valence-electron chi connectivity index (χ0n) is 17.2. The number of ether oxygens (including phenoxy) is 1. The number of carbonyl (C=O) groups is 1. The summed E-state index contributed by atoms with van der Waals surface area (Å²) < 4.78 is 7.37. The highest BCUT2D eigenvalue weighted by atomic mass is 16.5. The van der Waals surface area contributed by atoms with Crippen molar-refractivity contribution in [3.63, 3.8) is 0 Å². The summed E-state index contributed by atoms with van der Waals surface area (Å²) in [5.41, 5.74) is 3.62. The summed E-state index contributed by atoms with van der Waals surface area (Å²) in [5.74, 6) is 0.852. The van der Waals surface area contributed by atoms with Crippen molar-refractivity contribution in [1.29, 1.82) is 0 Å². The van der Waals surface area contributed by atoms with Crippen LogP contribution in [0.1, 0.15) is 28.2 Å². The van der Waals surface area contributed by atoms with E-state index in [1.807, 2.05) is 23.6 Å². The van der Waals surface area contributed by atoms with Gasteiger partial charge in [0, 0.05) is 30.9 Å². The predicted octanol–water partition coefficient (Wildman–Crippen LogP) is 2.44. The molecule has 0 radical (unpaired) electrons. The summed E-state index contributed by atoms with van der Waals surface area (Å²) >= 11 is 0. The average Bonchev–Trinajstić information content (AvgIpc) is 3.11. The number of aromatic nitrogens is 3. The van der Waals surface area contributed by atoms with Crippen LogP contribution in [0.4, 0.5) is 5.95 Å². The lowest BCUT2D eigenvalue weighted by atomic mass is 10.2. The van der Waals surface area contributed by atoms with E-state index < -0.39 is 0 Å². The molecule has 0 amide bonds. The lowest BCUT2D eigenvalue weighted by molar-refractivity contribution is 0.0378. The summed E-state index contributed by atoms with van der Waals surface area (Å²) in [6.45, 7) is 7.59. The number of pyridine rings is 1. The van der Waals surface area contributed by atoms with E-state index >= 15 is 0 Å². The number of anilines is 1. The molecule has 2 N–H and O–H groups in total. The highest BCUT2D eigenvalue weighted by Gasteiger charge is 2.15. The molecule has 2 aromatic heterocycles. The maximum atomic E-state index is 11.3.